The highest BCUT2D eigenvalue weighted by Gasteiger charge is 2.19. The second-order valence-corrected chi connectivity index (χ2v) is 5.83. The first-order valence-corrected chi connectivity index (χ1v) is 7.83. The van der Waals surface area contributed by atoms with Crippen molar-refractivity contribution in [1.82, 2.24) is 0 Å². The number of nitrogen functional groups attached to an aromatic ring is 2. The number of anilines is 2. The lowest BCUT2D eigenvalue weighted by Gasteiger charge is -2.10. The standard InChI is InChI=1S/C10H11NO4.C10H9N/c1-4-3-6(9(12)13)5(2)7(8(4)11)10(14)15;11-10-7-3-5-8-4-1-2-6-9(8)10/h3H,11H2,1-2H3,(H,12,13)(H,14,15);1-7H,11H2. The molecule has 26 heavy (non-hydrogen) atoms. The van der Waals surface area contributed by atoms with E-state index in [2.05, 4.69) is 12.1 Å². The maximum atomic E-state index is 10.9. The van der Waals surface area contributed by atoms with E-state index in [0.717, 1.165) is 11.1 Å². The number of aryl methyl sites for hydroxylation is 1. The van der Waals surface area contributed by atoms with Gasteiger partial charge in [0.1, 0.15) is 0 Å². The van der Waals surface area contributed by atoms with Gasteiger partial charge < -0.3 is 21.7 Å². The Bertz CT molecular complexity index is 991. The molecule has 134 valence electrons. The Hall–Kier alpha value is -3.54. The predicted molar refractivity (Wildman–Crippen MR) is 103 cm³/mol. The highest BCUT2D eigenvalue weighted by molar-refractivity contribution is 6.01. The van der Waals surface area contributed by atoms with Gasteiger partial charge in [-0.1, -0.05) is 36.4 Å². The normalized spacial score (nSPS) is 10.1. The topological polar surface area (TPSA) is 127 Å². The van der Waals surface area contributed by atoms with Gasteiger partial charge in [0.25, 0.3) is 0 Å². The molecule has 0 aliphatic rings. The molecule has 0 amide bonds. The third-order valence-electron chi connectivity index (χ3n) is 4.10. The molecular weight excluding hydrogens is 332 g/mol. The van der Waals surface area contributed by atoms with Crippen molar-refractivity contribution in [3.63, 3.8) is 0 Å². The molecule has 3 rings (SSSR count). The summed E-state index contributed by atoms with van der Waals surface area (Å²) < 4.78 is 0. The predicted octanol–water partition coefficient (Wildman–Crippen LogP) is 3.70. The SMILES string of the molecule is Cc1cc(C(=O)O)c(C)c(C(=O)O)c1N.Nc1cccc2ccccc12. The number of carbonyl (C=O) groups is 2. The van der Waals surface area contributed by atoms with E-state index in [4.69, 9.17) is 21.7 Å². The summed E-state index contributed by atoms with van der Waals surface area (Å²) in [6.45, 7) is 3.01. The minimum Gasteiger partial charge on any atom is -0.478 e. The maximum absolute atomic E-state index is 10.9. The fourth-order valence-electron chi connectivity index (χ4n) is 2.68. The van der Waals surface area contributed by atoms with Crippen molar-refractivity contribution in [2.45, 2.75) is 13.8 Å². The van der Waals surface area contributed by atoms with Crippen LogP contribution < -0.4 is 11.5 Å². The quantitative estimate of drug-likeness (QED) is 0.521. The summed E-state index contributed by atoms with van der Waals surface area (Å²) in [7, 11) is 0. The van der Waals surface area contributed by atoms with Gasteiger partial charge in [-0.3, -0.25) is 0 Å². The van der Waals surface area contributed by atoms with E-state index in [9.17, 15) is 9.59 Å². The molecule has 6 nitrogen and oxygen atoms in total. The van der Waals surface area contributed by atoms with Gasteiger partial charge in [-0.2, -0.15) is 0 Å². The molecule has 0 atom stereocenters. The molecule has 0 saturated heterocycles. The van der Waals surface area contributed by atoms with Crippen molar-refractivity contribution in [2.75, 3.05) is 11.5 Å². The first-order chi connectivity index (χ1) is 12.2. The maximum Gasteiger partial charge on any atom is 0.338 e. The van der Waals surface area contributed by atoms with E-state index in [1.54, 1.807) is 6.92 Å². The van der Waals surface area contributed by atoms with Crippen LogP contribution in [0.25, 0.3) is 10.8 Å². The molecule has 0 unspecified atom stereocenters. The zero-order chi connectivity index (χ0) is 19.4. The summed E-state index contributed by atoms with van der Waals surface area (Å²) in [6.07, 6.45) is 0. The molecule has 0 bridgehead atoms. The first-order valence-electron chi connectivity index (χ1n) is 7.83. The first kappa shape index (κ1) is 18.8. The molecule has 6 heteroatoms. The molecule has 0 aliphatic heterocycles. The Kier molecular flexibility index (Phi) is 5.47. The Morgan fingerprint density at radius 1 is 0.885 bits per heavy atom. The number of carboxylic acid groups (broad SMARTS) is 2. The van der Waals surface area contributed by atoms with Crippen LogP contribution in [-0.4, -0.2) is 22.2 Å². The van der Waals surface area contributed by atoms with Crippen LogP contribution in [0.4, 0.5) is 11.4 Å². The van der Waals surface area contributed by atoms with Crippen LogP contribution in [0.1, 0.15) is 31.8 Å². The Balaban J connectivity index is 0.000000195. The molecule has 6 N–H and O–H groups in total. The van der Waals surface area contributed by atoms with Gasteiger partial charge in [0.05, 0.1) is 11.1 Å². The fraction of sp³-hybridized carbons (Fsp3) is 0.100. The number of aromatic carboxylic acids is 2. The lowest BCUT2D eigenvalue weighted by Crippen LogP contribution is -2.12. The lowest BCUT2D eigenvalue weighted by atomic mass is 9.97. The van der Waals surface area contributed by atoms with Crippen LogP contribution in [0, 0.1) is 13.8 Å². The summed E-state index contributed by atoms with van der Waals surface area (Å²) in [5, 5.41) is 20.1. The van der Waals surface area contributed by atoms with E-state index in [0.29, 0.717) is 5.56 Å². The molecular formula is C20H20N2O4. The van der Waals surface area contributed by atoms with Crippen LogP contribution >= 0.6 is 0 Å². The Labute approximate surface area is 150 Å². The molecule has 3 aromatic carbocycles. The lowest BCUT2D eigenvalue weighted by molar-refractivity contribution is 0.0696. The van der Waals surface area contributed by atoms with Gasteiger partial charge in [0, 0.05) is 16.8 Å². The van der Waals surface area contributed by atoms with Crippen LogP contribution in [-0.2, 0) is 0 Å². The van der Waals surface area contributed by atoms with Crippen LogP contribution in [0.3, 0.4) is 0 Å². The van der Waals surface area contributed by atoms with Gasteiger partial charge in [0.15, 0.2) is 0 Å². The smallest absolute Gasteiger partial charge is 0.338 e. The minimum atomic E-state index is -1.21. The van der Waals surface area contributed by atoms with Crippen molar-refractivity contribution in [2.24, 2.45) is 0 Å². The molecule has 0 radical (unpaired) electrons. The van der Waals surface area contributed by atoms with Crippen molar-refractivity contribution >= 4 is 34.1 Å². The zero-order valence-corrected chi connectivity index (χ0v) is 14.5. The van der Waals surface area contributed by atoms with E-state index < -0.39 is 11.9 Å². The van der Waals surface area contributed by atoms with E-state index >= 15 is 0 Å². The van der Waals surface area contributed by atoms with Gasteiger partial charge >= 0.3 is 11.9 Å². The minimum absolute atomic E-state index is 0.0286. The summed E-state index contributed by atoms with van der Waals surface area (Å²) in [5.74, 6) is -2.37. The van der Waals surface area contributed by atoms with Crippen LogP contribution in [0.15, 0.2) is 48.5 Å². The number of carboxylic acids is 2. The van der Waals surface area contributed by atoms with Gasteiger partial charge in [-0.25, -0.2) is 9.59 Å². The van der Waals surface area contributed by atoms with E-state index in [1.165, 1.54) is 18.4 Å². The Morgan fingerprint density at radius 3 is 2.08 bits per heavy atom. The molecule has 0 fully saturated rings. The Morgan fingerprint density at radius 2 is 1.50 bits per heavy atom. The number of fused-ring (bicyclic) bond motifs is 1. The van der Waals surface area contributed by atoms with Crippen molar-refractivity contribution < 1.29 is 19.8 Å². The largest absolute Gasteiger partial charge is 0.478 e. The second kappa shape index (κ2) is 7.57. The summed E-state index contributed by atoms with van der Waals surface area (Å²) >= 11 is 0. The van der Waals surface area contributed by atoms with Crippen molar-refractivity contribution in [3.8, 4) is 0 Å². The summed E-state index contributed by atoms with van der Waals surface area (Å²) in [4.78, 5) is 21.7. The monoisotopic (exact) mass is 352 g/mol. The zero-order valence-electron chi connectivity index (χ0n) is 14.5. The summed E-state index contributed by atoms with van der Waals surface area (Å²) in [5.41, 5.74) is 12.8. The third-order valence-corrected chi connectivity index (χ3v) is 4.10. The molecule has 0 heterocycles. The van der Waals surface area contributed by atoms with Crippen LogP contribution in [0.5, 0.6) is 0 Å². The van der Waals surface area contributed by atoms with Crippen molar-refractivity contribution in [1.29, 1.82) is 0 Å². The van der Waals surface area contributed by atoms with E-state index in [1.807, 2.05) is 30.3 Å². The van der Waals surface area contributed by atoms with Crippen LogP contribution in [0.2, 0.25) is 0 Å². The number of benzene rings is 3. The highest BCUT2D eigenvalue weighted by Crippen LogP contribution is 2.24. The second-order valence-electron chi connectivity index (χ2n) is 5.83. The highest BCUT2D eigenvalue weighted by atomic mass is 16.4. The fourth-order valence-corrected chi connectivity index (χ4v) is 2.68. The molecule has 0 aliphatic carbocycles. The molecule has 3 aromatic rings. The number of nitrogens with two attached hydrogens (primary N) is 2. The average Bonchev–Trinajstić information content (AvgIpc) is 2.59. The van der Waals surface area contributed by atoms with Crippen molar-refractivity contribution in [3.05, 3.63) is 70.8 Å². The van der Waals surface area contributed by atoms with E-state index in [-0.39, 0.29) is 22.4 Å². The third kappa shape index (κ3) is 3.75. The molecule has 0 saturated carbocycles. The van der Waals surface area contributed by atoms with Gasteiger partial charge in [-0.15, -0.1) is 0 Å². The average molecular weight is 352 g/mol. The van der Waals surface area contributed by atoms with Gasteiger partial charge in [0.2, 0.25) is 0 Å². The van der Waals surface area contributed by atoms with Gasteiger partial charge in [-0.05, 0) is 42.5 Å². The number of hydrogen-bond donors (Lipinski definition) is 4. The summed E-state index contributed by atoms with van der Waals surface area (Å²) in [6, 6.07) is 15.4. The number of rotatable bonds is 2. The molecule has 0 aromatic heterocycles. The molecule has 0 spiro atoms. The number of hydrogen-bond acceptors (Lipinski definition) is 4.